The number of allylic oxidation sites excluding steroid dienone is 2. The van der Waals surface area contributed by atoms with Gasteiger partial charge in [-0.2, -0.15) is 0 Å². The van der Waals surface area contributed by atoms with E-state index in [1.807, 2.05) is 0 Å². The Morgan fingerprint density at radius 2 is 1.00 bits per heavy atom. The molecule has 0 unspecified atom stereocenters. The molecule has 0 N–H and O–H groups in total. The summed E-state index contributed by atoms with van der Waals surface area (Å²) in [5.74, 6) is 0. The fraction of sp³-hybridized carbons (Fsp3) is 0. The van der Waals surface area contributed by atoms with Gasteiger partial charge >= 0.3 is 17.1 Å². The Balaban J connectivity index is -0.0000000400. The van der Waals surface area contributed by atoms with Crippen LogP contribution in [0.1, 0.15) is 0 Å². The van der Waals surface area contributed by atoms with Gasteiger partial charge in [0.25, 0.3) is 0 Å². The molecule has 0 atom stereocenters. The van der Waals surface area contributed by atoms with Crippen LogP contribution in [0.2, 0.25) is 0 Å². The van der Waals surface area contributed by atoms with E-state index in [0.29, 0.717) is 0 Å². The van der Waals surface area contributed by atoms with E-state index in [1.54, 1.807) is 0 Å². The van der Waals surface area contributed by atoms with Crippen LogP contribution in [0.15, 0.2) is 25.3 Å². The Labute approximate surface area is 56.8 Å². The third kappa shape index (κ3) is 1180. The van der Waals surface area contributed by atoms with Crippen LogP contribution in [0, 0.1) is 13.8 Å². The molecule has 0 saturated carbocycles. The fourth-order valence-corrected chi connectivity index (χ4v) is 0. The Bertz CT molecular complexity index is 25.2. The summed E-state index contributed by atoms with van der Waals surface area (Å²) in [4.78, 5) is 0. The first-order valence-electron chi connectivity index (χ1n) is 1.63. The van der Waals surface area contributed by atoms with Crippen molar-refractivity contribution in [2.45, 2.75) is 0 Å². The van der Waals surface area contributed by atoms with E-state index in [1.165, 1.54) is 12.2 Å². The Kier molecular flexibility index (Phi) is 96.6. The van der Waals surface area contributed by atoms with Crippen molar-refractivity contribution in [1.82, 2.24) is 0 Å². The Hall–Kier alpha value is -0.261. The van der Waals surface area contributed by atoms with Gasteiger partial charge in [-0.05, 0) is 0 Å². The van der Waals surface area contributed by atoms with Gasteiger partial charge in [0.05, 0.1) is 0 Å². The first-order valence-corrected chi connectivity index (χ1v) is 1.63. The maximum atomic E-state index is 3.25. The number of hydrogen-bond acceptors (Lipinski definition) is 0. The molecule has 0 fully saturated rings. The smallest absolute Gasteiger partial charge is 0.245 e. The summed E-state index contributed by atoms with van der Waals surface area (Å²) >= 11 is 0. The Morgan fingerprint density at radius 1 is 1.00 bits per heavy atom. The molecule has 0 spiro atoms. The van der Waals surface area contributed by atoms with Gasteiger partial charge in [0.15, 0.2) is 0 Å². The van der Waals surface area contributed by atoms with Crippen molar-refractivity contribution in [3.05, 3.63) is 39.2 Å². The first-order chi connectivity index (χ1) is 2.83. The first kappa shape index (κ1) is 15.9. The van der Waals surface area contributed by atoms with Crippen molar-refractivity contribution in [2.75, 3.05) is 0 Å². The normalized spacial score (nSPS) is 3.43. The molecule has 0 heterocycles. The Morgan fingerprint density at radius 3 is 1.00 bits per heavy atom. The molecule has 7 heavy (non-hydrogen) atoms. The molecule has 0 aliphatic rings. The summed E-state index contributed by atoms with van der Waals surface area (Å²) in [6.45, 7) is 13.0. The van der Waals surface area contributed by atoms with E-state index < -0.39 is 0 Å². The second-order valence-corrected chi connectivity index (χ2v) is 0.577. The van der Waals surface area contributed by atoms with Crippen LogP contribution in [-0.4, -0.2) is 0 Å². The maximum absolute atomic E-state index is 3.25. The monoisotopic (exact) mass is 145 g/mol. The van der Waals surface area contributed by atoms with Gasteiger partial charge in [0, 0.05) is 0 Å². The number of hydrogen-bond donors (Lipinski definition) is 0. The van der Waals surface area contributed by atoms with Gasteiger partial charge in [0.2, 0.25) is 0 Å². The molecule has 0 rings (SSSR count). The van der Waals surface area contributed by atoms with Gasteiger partial charge in [-0.25, -0.2) is 39.2 Å². The zero-order valence-electron chi connectivity index (χ0n) is 4.28. The van der Waals surface area contributed by atoms with Crippen LogP contribution in [-0.2, 0) is 17.1 Å². The predicted molar refractivity (Wildman–Crippen MR) is 31.1 cm³/mol. The third-order valence-electron chi connectivity index (χ3n) is 0. The van der Waals surface area contributed by atoms with Crippen molar-refractivity contribution >= 4 is 0 Å². The minimum Gasteiger partial charge on any atom is -0.245 e. The molecule has 1 heteroatoms. The molecule has 0 aliphatic heterocycles. The van der Waals surface area contributed by atoms with Gasteiger partial charge < -0.3 is 0 Å². The van der Waals surface area contributed by atoms with E-state index in [2.05, 4.69) is 27.0 Å². The summed E-state index contributed by atoms with van der Waals surface area (Å²) in [7, 11) is 0. The van der Waals surface area contributed by atoms with Crippen LogP contribution >= 0.6 is 0 Å². The maximum Gasteiger partial charge on any atom is 2.00 e. The minimum atomic E-state index is 0. The molecule has 45 valence electrons. The standard InChI is InChI=1S/2C3H5.Cu/c2*1-3-2;/h2*3H,1-2H2;/q2*-1;+2. The summed E-state index contributed by atoms with van der Waals surface area (Å²) in [5, 5.41) is 0. The molecular weight excluding hydrogens is 136 g/mol. The number of rotatable bonds is 0. The second kappa shape index (κ2) is 42.6. The van der Waals surface area contributed by atoms with E-state index >= 15 is 0 Å². The summed E-state index contributed by atoms with van der Waals surface area (Å²) in [6.07, 6.45) is 3.00. The van der Waals surface area contributed by atoms with Crippen LogP contribution < -0.4 is 0 Å². The van der Waals surface area contributed by atoms with Crippen molar-refractivity contribution in [3.63, 3.8) is 0 Å². The average molecular weight is 146 g/mol. The van der Waals surface area contributed by atoms with Gasteiger partial charge in [-0.1, -0.05) is 0 Å². The summed E-state index contributed by atoms with van der Waals surface area (Å²) < 4.78 is 0. The largest absolute Gasteiger partial charge is 2.00 e. The van der Waals surface area contributed by atoms with Crippen molar-refractivity contribution < 1.29 is 17.1 Å². The zero-order chi connectivity index (χ0) is 5.41. The molecule has 0 nitrogen and oxygen atoms in total. The summed E-state index contributed by atoms with van der Waals surface area (Å²) in [5.41, 5.74) is 0. The van der Waals surface area contributed by atoms with Gasteiger partial charge in [-0.3, -0.25) is 0 Å². The molecule has 0 bridgehead atoms. The molecule has 0 aromatic heterocycles. The summed E-state index contributed by atoms with van der Waals surface area (Å²) in [6, 6.07) is 0. The van der Waals surface area contributed by atoms with Crippen LogP contribution in [0.25, 0.3) is 0 Å². The second-order valence-electron chi connectivity index (χ2n) is 0.577. The van der Waals surface area contributed by atoms with E-state index in [-0.39, 0.29) is 17.1 Å². The fourth-order valence-electron chi connectivity index (χ4n) is 0. The predicted octanol–water partition coefficient (Wildman–Crippen LogP) is 2.01. The quantitative estimate of drug-likeness (QED) is 0.362. The van der Waals surface area contributed by atoms with Crippen LogP contribution in [0.4, 0.5) is 0 Å². The molecular formula is C6H10Cu. The minimum absolute atomic E-state index is 0. The van der Waals surface area contributed by atoms with Gasteiger partial charge in [-0.15, -0.1) is 0 Å². The zero-order valence-corrected chi connectivity index (χ0v) is 5.23. The molecule has 0 saturated heterocycles. The van der Waals surface area contributed by atoms with Crippen LogP contribution in [0.3, 0.4) is 0 Å². The van der Waals surface area contributed by atoms with Crippen molar-refractivity contribution in [1.29, 1.82) is 0 Å². The molecule has 0 amide bonds. The average Bonchev–Trinajstić information content (AvgIpc) is 1.39. The van der Waals surface area contributed by atoms with E-state index in [4.69, 9.17) is 0 Å². The van der Waals surface area contributed by atoms with Crippen molar-refractivity contribution in [3.8, 4) is 0 Å². The van der Waals surface area contributed by atoms with Gasteiger partial charge in [0.1, 0.15) is 0 Å². The molecule has 0 aliphatic carbocycles. The molecule has 0 aromatic rings. The van der Waals surface area contributed by atoms with E-state index in [9.17, 15) is 0 Å². The topological polar surface area (TPSA) is 0 Å². The molecule has 0 aromatic carbocycles. The SMILES string of the molecule is C=C[CH2-].C=C[CH2-].[Cu+2]. The van der Waals surface area contributed by atoms with Crippen molar-refractivity contribution in [2.24, 2.45) is 0 Å². The molecule has 1 radical (unpaired) electrons. The van der Waals surface area contributed by atoms with Crippen LogP contribution in [0.5, 0.6) is 0 Å². The van der Waals surface area contributed by atoms with E-state index in [0.717, 1.165) is 0 Å². The third-order valence-corrected chi connectivity index (χ3v) is 0.